The highest BCUT2D eigenvalue weighted by Crippen LogP contribution is 2.29. The Bertz CT molecular complexity index is 957. The lowest BCUT2D eigenvalue weighted by molar-refractivity contribution is -0.115. The number of para-hydroxylation sites is 1. The lowest BCUT2D eigenvalue weighted by Gasteiger charge is -2.14. The summed E-state index contributed by atoms with van der Waals surface area (Å²) in [7, 11) is 1.60. The molecule has 1 amide bonds. The molecule has 8 heteroatoms. The Morgan fingerprint density at radius 1 is 1.22 bits per heavy atom. The van der Waals surface area contributed by atoms with E-state index in [2.05, 4.69) is 20.8 Å². The van der Waals surface area contributed by atoms with Crippen LogP contribution in [0.5, 0.6) is 5.75 Å². The van der Waals surface area contributed by atoms with E-state index < -0.39 is 0 Å². The molecule has 7 nitrogen and oxygen atoms in total. The number of anilines is 1. The third-order valence-electron chi connectivity index (χ3n) is 4.06. The fraction of sp³-hybridized carbons (Fsp3) is 0.263. The Labute approximate surface area is 162 Å². The molecule has 0 aliphatic rings. The average Bonchev–Trinajstić information content (AvgIpc) is 3.11. The zero-order valence-electron chi connectivity index (χ0n) is 15.6. The van der Waals surface area contributed by atoms with Crippen LogP contribution in [0.2, 0.25) is 0 Å². The molecule has 1 unspecified atom stereocenters. The number of hydrogen-bond donors (Lipinski definition) is 1. The van der Waals surface area contributed by atoms with Crippen LogP contribution >= 0.6 is 11.8 Å². The zero-order valence-corrected chi connectivity index (χ0v) is 16.4. The highest BCUT2D eigenvalue weighted by Gasteiger charge is 2.21. The predicted molar refractivity (Wildman–Crippen MR) is 106 cm³/mol. The summed E-state index contributed by atoms with van der Waals surface area (Å²) in [6.45, 7) is 5.77. The number of rotatable bonds is 6. The number of hydrogen-bond acceptors (Lipinski definition) is 6. The van der Waals surface area contributed by atoms with E-state index in [1.807, 2.05) is 63.2 Å². The summed E-state index contributed by atoms with van der Waals surface area (Å²) < 4.78 is 7.01. The van der Waals surface area contributed by atoms with E-state index >= 15 is 0 Å². The van der Waals surface area contributed by atoms with Crippen molar-refractivity contribution in [3.05, 3.63) is 53.6 Å². The smallest absolute Gasteiger partial charge is 0.237 e. The second-order valence-electron chi connectivity index (χ2n) is 6.11. The minimum Gasteiger partial charge on any atom is -0.494 e. The number of ether oxygens (including phenoxy) is 1. The van der Waals surface area contributed by atoms with E-state index in [1.165, 1.54) is 11.8 Å². The lowest BCUT2D eigenvalue weighted by atomic mass is 10.2. The highest BCUT2D eigenvalue weighted by atomic mass is 32.2. The molecular formula is C19H21N5O2S. The molecule has 1 aromatic heterocycles. The zero-order chi connectivity index (χ0) is 19.4. The van der Waals surface area contributed by atoms with Gasteiger partial charge in [0.1, 0.15) is 11.4 Å². The minimum atomic E-state index is -0.384. The normalized spacial score (nSPS) is 11.9. The van der Waals surface area contributed by atoms with E-state index in [0.717, 1.165) is 22.5 Å². The second-order valence-corrected chi connectivity index (χ2v) is 7.42. The van der Waals surface area contributed by atoms with Crippen LogP contribution in [0.4, 0.5) is 5.69 Å². The van der Waals surface area contributed by atoms with Gasteiger partial charge in [-0.15, -0.1) is 5.10 Å². The summed E-state index contributed by atoms with van der Waals surface area (Å²) in [4.78, 5) is 12.6. The van der Waals surface area contributed by atoms with Crippen LogP contribution in [0, 0.1) is 13.8 Å². The van der Waals surface area contributed by atoms with Crippen molar-refractivity contribution in [1.29, 1.82) is 0 Å². The number of carbonyl (C=O) groups is 1. The van der Waals surface area contributed by atoms with Crippen molar-refractivity contribution in [2.45, 2.75) is 31.2 Å². The summed E-state index contributed by atoms with van der Waals surface area (Å²) in [6.07, 6.45) is 0. The summed E-state index contributed by atoms with van der Waals surface area (Å²) in [5.41, 5.74) is 3.60. The molecule has 0 saturated heterocycles. The summed E-state index contributed by atoms with van der Waals surface area (Å²) in [5.74, 6) is 0.548. The van der Waals surface area contributed by atoms with Gasteiger partial charge in [-0.25, -0.2) is 0 Å². The Hall–Kier alpha value is -2.87. The van der Waals surface area contributed by atoms with Crippen LogP contribution < -0.4 is 10.1 Å². The third kappa shape index (κ3) is 4.28. The highest BCUT2D eigenvalue weighted by molar-refractivity contribution is 8.00. The van der Waals surface area contributed by atoms with Gasteiger partial charge in [-0.3, -0.25) is 4.79 Å². The molecule has 0 saturated carbocycles. The van der Waals surface area contributed by atoms with Gasteiger partial charge in [0, 0.05) is 5.69 Å². The van der Waals surface area contributed by atoms with Gasteiger partial charge in [0.25, 0.3) is 0 Å². The topological polar surface area (TPSA) is 81.9 Å². The van der Waals surface area contributed by atoms with E-state index in [4.69, 9.17) is 4.74 Å². The summed E-state index contributed by atoms with van der Waals surface area (Å²) in [6, 6.07) is 13.4. The Morgan fingerprint density at radius 2 is 2.00 bits per heavy atom. The Kier molecular flexibility index (Phi) is 5.75. The number of aromatic nitrogens is 4. The second kappa shape index (κ2) is 8.22. The van der Waals surface area contributed by atoms with Crippen LogP contribution in [0.15, 0.2) is 47.6 Å². The molecule has 0 fully saturated rings. The molecule has 1 N–H and O–H groups in total. The molecule has 1 heterocycles. The summed E-state index contributed by atoms with van der Waals surface area (Å²) >= 11 is 1.29. The molecule has 1 atom stereocenters. The standard InChI is InChI=1S/C19H21N5O2S/c1-12-9-10-17(26-4)16(11-12)24-19(21-22-23-24)27-14(3)18(25)20-15-8-6-5-7-13(15)2/h5-11,14H,1-4H3,(H,20,25). The number of carbonyl (C=O) groups excluding carboxylic acids is 1. The van der Waals surface area contributed by atoms with Crippen LogP contribution in [0.1, 0.15) is 18.1 Å². The molecular weight excluding hydrogens is 362 g/mol. The van der Waals surface area contributed by atoms with Crippen molar-refractivity contribution in [3.8, 4) is 11.4 Å². The van der Waals surface area contributed by atoms with Gasteiger partial charge < -0.3 is 10.1 Å². The molecule has 0 radical (unpaired) electrons. The van der Waals surface area contributed by atoms with Gasteiger partial charge in [0.05, 0.1) is 12.4 Å². The van der Waals surface area contributed by atoms with Crippen LogP contribution in [-0.4, -0.2) is 38.5 Å². The van der Waals surface area contributed by atoms with Crippen LogP contribution in [-0.2, 0) is 4.79 Å². The van der Waals surface area contributed by atoms with Gasteiger partial charge in [-0.2, -0.15) is 4.68 Å². The maximum absolute atomic E-state index is 12.6. The molecule has 0 aliphatic carbocycles. The molecule has 0 aliphatic heterocycles. The first-order valence-corrected chi connectivity index (χ1v) is 9.34. The van der Waals surface area contributed by atoms with Gasteiger partial charge in [0.2, 0.25) is 11.1 Å². The van der Waals surface area contributed by atoms with E-state index in [1.54, 1.807) is 11.8 Å². The number of benzene rings is 2. The summed E-state index contributed by atoms with van der Waals surface area (Å²) in [5, 5.41) is 15.0. The van der Waals surface area contributed by atoms with E-state index in [0.29, 0.717) is 10.9 Å². The van der Waals surface area contributed by atoms with Crippen LogP contribution in [0.25, 0.3) is 5.69 Å². The number of nitrogens with zero attached hydrogens (tertiary/aromatic N) is 4. The van der Waals surface area contributed by atoms with Crippen LogP contribution in [0.3, 0.4) is 0 Å². The molecule has 3 aromatic rings. The third-order valence-corrected chi connectivity index (χ3v) is 5.09. The van der Waals surface area contributed by atoms with Gasteiger partial charge in [0.15, 0.2) is 0 Å². The Balaban J connectivity index is 1.79. The van der Waals surface area contributed by atoms with E-state index in [-0.39, 0.29) is 11.2 Å². The van der Waals surface area contributed by atoms with Crippen molar-refractivity contribution in [2.75, 3.05) is 12.4 Å². The largest absolute Gasteiger partial charge is 0.494 e. The fourth-order valence-electron chi connectivity index (χ4n) is 2.53. The maximum Gasteiger partial charge on any atom is 0.237 e. The first-order chi connectivity index (χ1) is 13.0. The van der Waals surface area contributed by atoms with Gasteiger partial charge in [-0.05, 0) is 60.5 Å². The van der Waals surface area contributed by atoms with Gasteiger partial charge >= 0.3 is 0 Å². The average molecular weight is 383 g/mol. The van der Waals surface area contributed by atoms with Crippen molar-refractivity contribution in [2.24, 2.45) is 0 Å². The lowest BCUT2D eigenvalue weighted by Crippen LogP contribution is -2.23. The molecule has 3 rings (SSSR count). The molecule has 27 heavy (non-hydrogen) atoms. The maximum atomic E-state index is 12.6. The fourth-order valence-corrected chi connectivity index (χ4v) is 3.33. The number of nitrogens with one attached hydrogen (secondary N) is 1. The quantitative estimate of drug-likeness (QED) is 0.657. The molecule has 2 aromatic carbocycles. The number of thioether (sulfide) groups is 1. The first-order valence-electron chi connectivity index (χ1n) is 8.46. The predicted octanol–water partition coefficient (Wildman–Crippen LogP) is 3.41. The van der Waals surface area contributed by atoms with E-state index in [9.17, 15) is 4.79 Å². The molecule has 140 valence electrons. The van der Waals surface area contributed by atoms with Gasteiger partial charge in [-0.1, -0.05) is 36.0 Å². The minimum absolute atomic E-state index is 0.111. The van der Waals surface area contributed by atoms with Crippen molar-refractivity contribution < 1.29 is 9.53 Å². The number of aryl methyl sites for hydroxylation is 2. The number of amides is 1. The molecule has 0 spiro atoms. The monoisotopic (exact) mass is 383 g/mol. The van der Waals surface area contributed by atoms with Crippen molar-refractivity contribution in [3.63, 3.8) is 0 Å². The van der Waals surface area contributed by atoms with Crippen molar-refractivity contribution in [1.82, 2.24) is 20.2 Å². The van der Waals surface area contributed by atoms with Crippen molar-refractivity contribution >= 4 is 23.4 Å². The number of methoxy groups -OCH3 is 1. The first kappa shape index (κ1) is 18.9. The number of tetrazole rings is 1. The molecule has 0 bridgehead atoms. The SMILES string of the molecule is COc1ccc(C)cc1-n1nnnc1SC(C)C(=O)Nc1ccccc1C. The Morgan fingerprint density at radius 3 is 2.74 bits per heavy atom.